The van der Waals surface area contributed by atoms with Crippen molar-refractivity contribution >= 4 is 11.9 Å². The molecule has 0 aromatic carbocycles. The topological polar surface area (TPSA) is 125 Å². The van der Waals surface area contributed by atoms with Crippen LogP contribution in [0.15, 0.2) is 18.7 Å². The Morgan fingerprint density at radius 2 is 2.10 bits per heavy atom. The number of anilines is 2. The molecule has 10 nitrogen and oxygen atoms in total. The highest BCUT2D eigenvalue weighted by Crippen LogP contribution is 2.08. The molecule has 0 aliphatic rings. The number of rotatable bonds is 8. The van der Waals surface area contributed by atoms with Crippen molar-refractivity contribution in [3.63, 3.8) is 0 Å². The van der Waals surface area contributed by atoms with E-state index in [1.54, 1.807) is 37.5 Å². The average Bonchev–Trinajstić information content (AvgIpc) is 3.05. The van der Waals surface area contributed by atoms with Crippen LogP contribution in [0.25, 0.3) is 5.95 Å². The number of nitrogens with one attached hydrogen (secondary N) is 2. The van der Waals surface area contributed by atoms with Gasteiger partial charge in [0.15, 0.2) is 0 Å². The van der Waals surface area contributed by atoms with Crippen molar-refractivity contribution in [1.82, 2.24) is 24.5 Å². The first-order valence-electron chi connectivity index (χ1n) is 6.23. The molecule has 0 radical (unpaired) electrons. The lowest BCUT2D eigenvalue weighted by atomic mass is 10.4. The summed E-state index contributed by atoms with van der Waals surface area (Å²) in [5.41, 5.74) is 2.40. The molecule has 0 fully saturated rings. The van der Waals surface area contributed by atoms with Crippen molar-refractivity contribution in [2.45, 2.75) is 6.10 Å². The molecular formula is C11H18N8O2. The van der Waals surface area contributed by atoms with Gasteiger partial charge in [-0.1, -0.05) is 0 Å². The zero-order valence-electron chi connectivity index (χ0n) is 11.9. The lowest BCUT2D eigenvalue weighted by Crippen LogP contribution is -2.27. The number of hydrogen-bond donors (Lipinski definition) is 3. The predicted molar refractivity (Wildman–Crippen MR) is 75.9 cm³/mol. The van der Waals surface area contributed by atoms with Gasteiger partial charge in [0.1, 0.15) is 6.33 Å². The van der Waals surface area contributed by atoms with Crippen molar-refractivity contribution < 1.29 is 9.47 Å². The number of hydrogen-bond acceptors (Lipinski definition) is 9. The van der Waals surface area contributed by atoms with Gasteiger partial charge in [0.25, 0.3) is 0 Å². The fraction of sp³-hybridized carbons (Fsp3) is 0.455. The number of methoxy groups -OCH3 is 2. The lowest BCUT2D eigenvalue weighted by molar-refractivity contribution is 0.0365. The van der Waals surface area contributed by atoms with Crippen molar-refractivity contribution in [3.8, 4) is 5.95 Å². The van der Waals surface area contributed by atoms with Crippen LogP contribution in [0.5, 0.6) is 0 Å². The highest BCUT2D eigenvalue weighted by Gasteiger charge is 2.10. The summed E-state index contributed by atoms with van der Waals surface area (Å²) in [6, 6.07) is 0. The molecular weight excluding hydrogens is 276 g/mol. The van der Waals surface area contributed by atoms with E-state index in [1.165, 1.54) is 0 Å². The Morgan fingerprint density at radius 1 is 1.29 bits per heavy atom. The van der Waals surface area contributed by atoms with Crippen molar-refractivity contribution in [1.29, 1.82) is 0 Å². The molecule has 2 heterocycles. The average molecular weight is 294 g/mol. The van der Waals surface area contributed by atoms with Gasteiger partial charge in [-0.25, -0.2) is 10.8 Å². The van der Waals surface area contributed by atoms with Gasteiger partial charge < -0.3 is 14.8 Å². The highest BCUT2D eigenvalue weighted by molar-refractivity contribution is 5.37. The summed E-state index contributed by atoms with van der Waals surface area (Å²) in [5, 5.41) is 3.06. The number of ether oxygens (including phenoxy) is 2. The lowest BCUT2D eigenvalue weighted by Gasteiger charge is -2.15. The number of nitrogen functional groups attached to an aromatic ring is 1. The summed E-state index contributed by atoms with van der Waals surface area (Å²) in [6.45, 7) is 0.951. The van der Waals surface area contributed by atoms with Crippen LogP contribution in [0.3, 0.4) is 0 Å². The minimum absolute atomic E-state index is 0.113. The van der Waals surface area contributed by atoms with Crippen molar-refractivity contribution in [2.75, 3.05) is 38.1 Å². The minimum Gasteiger partial charge on any atom is -0.382 e. The largest absolute Gasteiger partial charge is 0.382 e. The second kappa shape index (κ2) is 7.47. The first-order valence-corrected chi connectivity index (χ1v) is 6.23. The van der Waals surface area contributed by atoms with Gasteiger partial charge in [0.05, 0.1) is 12.7 Å². The summed E-state index contributed by atoms with van der Waals surface area (Å²) < 4.78 is 12.0. The molecule has 1 atom stereocenters. The van der Waals surface area contributed by atoms with E-state index in [-0.39, 0.29) is 12.1 Å². The zero-order valence-corrected chi connectivity index (χ0v) is 11.9. The van der Waals surface area contributed by atoms with E-state index in [0.717, 1.165) is 0 Å². The van der Waals surface area contributed by atoms with E-state index < -0.39 is 0 Å². The molecule has 0 bridgehead atoms. The van der Waals surface area contributed by atoms with E-state index in [4.69, 9.17) is 15.3 Å². The molecule has 0 amide bonds. The normalized spacial score (nSPS) is 12.1. The fourth-order valence-corrected chi connectivity index (χ4v) is 1.60. The summed E-state index contributed by atoms with van der Waals surface area (Å²) in [6.07, 6.45) is 4.83. The molecule has 0 spiro atoms. The van der Waals surface area contributed by atoms with Crippen LogP contribution in [0, 0.1) is 0 Å². The molecule has 10 heteroatoms. The molecule has 2 aromatic rings. The SMILES string of the molecule is COCC(CNc1nc(NN)nc(-n2ccnc2)n1)OC. The van der Waals surface area contributed by atoms with Crippen LogP contribution in [0.4, 0.5) is 11.9 Å². The van der Waals surface area contributed by atoms with Crippen molar-refractivity contribution in [3.05, 3.63) is 18.7 Å². The summed E-state index contributed by atoms with van der Waals surface area (Å²) >= 11 is 0. The summed E-state index contributed by atoms with van der Waals surface area (Å²) in [5.74, 6) is 6.39. The zero-order chi connectivity index (χ0) is 15.1. The summed E-state index contributed by atoms with van der Waals surface area (Å²) in [4.78, 5) is 16.5. The Bertz CT molecular complexity index is 547. The van der Waals surface area contributed by atoms with E-state index in [2.05, 4.69) is 30.7 Å². The van der Waals surface area contributed by atoms with E-state index in [9.17, 15) is 0 Å². The number of hydrazine groups is 1. The van der Waals surface area contributed by atoms with E-state index in [0.29, 0.717) is 25.0 Å². The Kier molecular flexibility index (Phi) is 5.37. The molecule has 0 aliphatic carbocycles. The Hall–Kier alpha value is -2.30. The Balaban J connectivity index is 2.13. The number of nitrogens with zero attached hydrogens (tertiary/aromatic N) is 5. The third-order valence-electron chi connectivity index (χ3n) is 2.66. The standard InChI is InChI=1S/C11H18N8O2/c1-20-6-8(21-2)5-14-9-15-10(18-12)17-11(16-9)19-4-3-13-7-19/h3-4,7-8H,5-6,12H2,1-2H3,(H2,14,15,16,17,18). The third-order valence-corrected chi connectivity index (χ3v) is 2.66. The molecule has 0 saturated carbocycles. The monoisotopic (exact) mass is 294 g/mol. The van der Waals surface area contributed by atoms with Gasteiger partial charge in [-0.05, 0) is 0 Å². The number of aromatic nitrogens is 5. The number of nitrogens with two attached hydrogens (primary N) is 1. The quantitative estimate of drug-likeness (QED) is 0.433. The predicted octanol–water partition coefficient (Wildman–Crippen LogP) is -0.584. The molecule has 2 aromatic heterocycles. The maximum atomic E-state index is 5.37. The Labute approximate surface area is 121 Å². The van der Waals surface area contributed by atoms with Crippen LogP contribution in [-0.4, -0.2) is 58.0 Å². The number of imidazole rings is 1. The fourth-order valence-electron chi connectivity index (χ4n) is 1.60. The van der Waals surface area contributed by atoms with Crippen LogP contribution < -0.4 is 16.6 Å². The smallest absolute Gasteiger partial charge is 0.243 e. The second-order valence-corrected chi connectivity index (χ2v) is 4.09. The first-order chi connectivity index (χ1) is 10.3. The van der Waals surface area contributed by atoms with E-state index >= 15 is 0 Å². The molecule has 21 heavy (non-hydrogen) atoms. The van der Waals surface area contributed by atoms with E-state index in [1.807, 2.05) is 0 Å². The van der Waals surface area contributed by atoms with Gasteiger partial charge in [-0.15, -0.1) is 0 Å². The van der Waals surface area contributed by atoms with Crippen LogP contribution >= 0.6 is 0 Å². The maximum Gasteiger partial charge on any atom is 0.243 e. The summed E-state index contributed by atoms with van der Waals surface area (Å²) in [7, 11) is 3.23. The minimum atomic E-state index is -0.113. The molecule has 114 valence electrons. The van der Waals surface area contributed by atoms with Gasteiger partial charge in [-0.2, -0.15) is 15.0 Å². The van der Waals surface area contributed by atoms with Gasteiger partial charge in [0.2, 0.25) is 17.8 Å². The second-order valence-electron chi connectivity index (χ2n) is 4.09. The molecule has 0 saturated heterocycles. The molecule has 1 unspecified atom stereocenters. The van der Waals surface area contributed by atoms with Crippen LogP contribution in [0.1, 0.15) is 0 Å². The van der Waals surface area contributed by atoms with Crippen LogP contribution in [-0.2, 0) is 9.47 Å². The van der Waals surface area contributed by atoms with Gasteiger partial charge in [-0.3, -0.25) is 9.99 Å². The van der Waals surface area contributed by atoms with Crippen molar-refractivity contribution in [2.24, 2.45) is 5.84 Å². The van der Waals surface area contributed by atoms with Gasteiger partial charge in [0, 0.05) is 33.2 Å². The third kappa shape index (κ3) is 4.08. The molecule has 0 aliphatic heterocycles. The van der Waals surface area contributed by atoms with Crippen LogP contribution in [0.2, 0.25) is 0 Å². The van der Waals surface area contributed by atoms with Gasteiger partial charge >= 0.3 is 0 Å². The molecule has 2 rings (SSSR count). The highest BCUT2D eigenvalue weighted by atomic mass is 16.5. The first kappa shape index (κ1) is 15.1. The molecule has 4 N–H and O–H groups in total. The Morgan fingerprint density at radius 3 is 2.71 bits per heavy atom. The maximum absolute atomic E-state index is 5.37.